The monoisotopic (exact) mass is 109 g/mol. The molecular formula is C6H5O2. The third-order valence-electron chi connectivity index (χ3n) is 1.34. The van der Waals surface area contributed by atoms with Gasteiger partial charge in [-0.25, -0.2) is 0 Å². The fraction of sp³-hybridized carbons (Fsp3) is 0.333. The Balaban J connectivity index is 2.28. The Morgan fingerprint density at radius 2 is 2.38 bits per heavy atom. The van der Waals surface area contributed by atoms with E-state index in [0.29, 0.717) is 0 Å². The largest absolute Gasteiger partial charge is 0.361 e. The van der Waals surface area contributed by atoms with E-state index in [9.17, 15) is 5.11 Å². The SMILES string of the molecule is [O]C1=CC2OC2C=C1. The predicted molar refractivity (Wildman–Crippen MR) is 26.6 cm³/mol. The number of hydrogen-bond acceptors (Lipinski definition) is 1. The van der Waals surface area contributed by atoms with Crippen LogP contribution in [0.4, 0.5) is 0 Å². The molecule has 1 saturated heterocycles. The second-order valence-electron chi connectivity index (χ2n) is 1.99. The molecule has 1 fully saturated rings. The number of hydrogen-bond donors (Lipinski definition) is 0. The zero-order valence-electron chi connectivity index (χ0n) is 4.20. The maximum atomic E-state index is 10.5. The van der Waals surface area contributed by atoms with Gasteiger partial charge in [0.2, 0.25) is 0 Å². The van der Waals surface area contributed by atoms with Gasteiger partial charge < -0.3 is 4.74 Å². The van der Waals surface area contributed by atoms with Gasteiger partial charge in [0.25, 0.3) is 0 Å². The number of rotatable bonds is 0. The molecule has 0 aromatic heterocycles. The van der Waals surface area contributed by atoms with Gasteiger partial charge in [-0.05, 0) is 18.2 Å². The van der Waals surface area contributed by atoms with Crippen LogP contribution in [0.1, 0.15) is 0 Å². The van der Waals surface area contributed by atoms with Gasteiger partial charge in [-0.2, -0.15) is 0 Å². The van der Waals surface area contributed by atoms with Crippen molar-refractivity contribution in [2.45, 2.75) is 12.2 Å². The number of epoxide rings is 1. The molecule has 2 nitrogen and oxygen atoms in total. The lowest BCUT2D eigenvalue weighted by atomic mass is 10.2. The van der Waals surface area contributed by atoms with E-state index >= 15 is 0 Å². The van der Waals surface area contributed by atoms with Gasteiger partial charge in [-0.15, -0.1) is 0 Å². The minimum Gasteiger partial charge on any atom is -0.361 e. The van der Waals surface area contributed by atoms with Crippen LogP contribution in [0.5, 0.6) is 0 Å². The topological polar surface area (TPSA) is 32.4 Å². The molecule has 0 amide bonds. The van der Waals surface area contributed by atoms with Crippen LogP contribution < -0.4 is 0 Å². The highest BCUT2D eigenvalue weighted by atomic mass is 16.6. The molecule has 0 aromatic rings. The first-order valence-electron chi connectivity index (χ1n) is 2.59. The second-order valence-corrected chi connectivity index (χ2v) is 1.99. The van der Waals surface area contributed by atoms with Crippen LogP contribution in [0.3, 0.4) is 0 Å². The van der Waals surface area contributed by atoms with Gasteiger partial charge in [0.15, 0.2) is 5.76 Å². The van der Waals surface area contributed by atoms with E-state index in [1.165, 1.54) is 0 Å². The molecule has 2 aliphatic rings. The normalized spacial score (nSPS) is 40.8. The first-order chi connectivity index (χ1) is 3.86. The summed E-state index contributed by atoms with van der Waals surface area (Å²) in [5.74, 6) is 0.0729. The first-order valence-corrected chi connectivity index (χ1v) is 2.59. The molecule has 1 aliphatic carbocycles. The summed E-state index contributed by atoms with van der Waals surface area (Å²) in [6.07, 6.45) is 5.30. The molecule has 2 heteroatoms. The van der Waals surface area contributed by atoms with Crippen LogP contribution >= 0.6 is 0 Å². The van der Waals surface area contributed by atoms with E-state index in [0.717, 1.165) is 0 Å². The van der Waals surface area contributed by atoms with Crippen molar-refractivity contribution in [2.75, 3.05) is 0 Å². The van der Waals surface area contributed by atoms with E-state index in [-0.39, 0.29) is 18.0 Å². The molecule has 1 heterocycles. The van der Waals surface area contributed by atoms with Crippen molar-refractivity contribution >= 4 is 0 Å². The molecule has 0 N–H and O–H groups in total. The maximum absolute atomic E-state index is 10.5. The van der Waals surface area contributed by atoms with Crippen molar-refractivity contribution in [1.82, 2.24) is 0 Å². The predicted octanol–water partition coefficient (Wildman–Crippen LogP) is 0.638. The van der Waals surface area contributed by atoms with Crippen molar-refractivity contribution in [1.29, 1.82) is 0 Å². The quantitative estimate of drug-likeness (QED) is 0.420. The van der Waals surface area contributed by atoms with Crippen LogP contribution in [0.2, 0.25) is 0 Å². The molecule has 0 aromatic carbocycles. The van der Waals surface area contributed by atoms with Crippen LogP contribution in [0, 0.1) is 0 Å². The smallest absolute Gasteiger partial charge is 0.177 e. The van der Waals surface area contributed by atoms with Gasteiger partial charge in [-0.3, -0.25) is 5.11 Å². The Morgan fingerprint density at radius 3 is 3.00 bits per heavy atom. The Kier molecular flexibility index (Phi) is 0.594. The summed E-state index contributed by atoms with van der Waals surface area (Å²) in [6.45, 7) is 0. The molecule has 41 valence electrons. The van der Waals surface area contributed by atoms with E-state index in [2.05, 4.69) is 0 Å². The highest BCUT2D eigenvalue weighted by Crippen LogP contribution is 2.29. The Labute approximate surface area is 47.1 Å². The van der Waals surface area contributed by atoms with Gasteiger partial charge in [0.1, 0.15) is 12.2 Å². The highest BCUT2D eigenvalue weighted by Gasteiger charge is 2.37. The number of fused-ring (bicyclic) bond motifs is 1. The summed E-state index contributed by atoms with van der Waals surface area (Å²) in [7, 11) is 0. The van der Waals surface area contributed by atoms with Crippen molar-refractivity contribution in [2.24, 2.45) is 0 Å². The highest BCUT2D eigenvalue weighted by molar-refractivity contribution is 5.26. The fourth-order valence-electron chi connectivity index (χ4n) is 0.832. The van der Waals surface area contributed by atoms with Crippen molar-refractivity contribution < 1.29 is 9.84 Å². The molecule has 0 spiro atoms. The van der Waals surface area contributed by atoms with Crippen LogP contribution in [-0.4, -0.2) is 12.2 Å². The van der Waals surface area contributed by atoms with E-state index in [4.69, 9.17) is 4.74 Å². The Morgan fingerprint density at radius 1 is 1.50 bits per heavy atom. The Bertz CT molecular complexity index is 169. The van der Waals surface area contributed by atoms with Gasteiger partial charge in [0.05, 0.1) is 0 Å². The van der Waals surface area contributed by atoms with Crippen LogP contribution in [0.15, 0.2) is 24.0 Å². The molecule has 1 aliphatic heterocycles. The first kappa shape index (κ1) is 4.15. The lowest BCUT2D eigenvalue weighted by molar-refractivity contribution is 0.311. The fourth-order valence-corrected chi connectivity index (χ4v) is 0.832. The zero-order chi connectivity index (χ0) is 5.56. The van der Waals surface area contributed by atoms with Gasteiger partial charge in [0, 0.05) is 0 Å². The maximum Gasteiger partial charge on any atom is 0.177 e. The van der Waals surface area contributed by atoms with Crippen molar-refractivity contribution in [3.8, 4) is 0 Å². The average Bonchev–Trinajstić information content (AvgIpc) is 2.43. The van der Waals surface area contributed by atoms with Crippen LogP contribution in [0.25, 0.3) is 0 Å². The molecule has 2 atom stereocenters. The molecule has 2 unspecified atom stereocenters. The van der Waals surface area contributed by atoms with Gasteiger partial charge in [-0.1, -0.05) is 0 Å². The molecule has 2 rings (SSSR count). The molecule has 0 saturated carbocycles. The van der Waals surface area contributed by atoms with Crippen molar-refractivity contribution in [3.05, 3.63) is 24.0 Å². The van der Waals surface area contributed by atoms with E-state index < -0.39 is 0 Å². The Hall–Kier alpha value is -0.760. The number of ether oxygens (including phenoxy) is 1. The number of allylic oxidation sites excluding steroid dienone is 1. The minimum atomic E-state index is 0.0729. The molecule has 8 heavy (non-hydrogen) atoms. The molecule has 0 bridgehead atoms. The lowest BCUT2D eigenvalue weighted by Crippen LogP contribution is -1.91. The standard InChI is InChI=1S/C6H5O2/c7-4-1-2-5-6(3-4)8-5/h1-3,5-6H. The lowest BCUT2D eigenvalue weighted by Gasteiger charge is -1.87. The third-order valence-corrected chi connectivity index (χ3v) is 1.34. The summed E-state index contributed by atoms with van der Waals surface area (Å²) >= 11 is 0. The summed E-state index contributed by atoms with van der Waals surface area (Å²) < 4.78 is 4.99. The third kappa shape index (κ3) is 0.465. The van der Waals surface area contributed by atoms with E-state index in [1.54, 1.807) is 18.2 Å². The summed E-state index contributed by atoms with van der Waals surface area (Å²) in [4.78, 5) is 0. The summed E-state index contributed by atoms with van der Waals surface area (Å²) in [5, 5.41) is 10.5. The average molecular weight is 109 g/mol. The van der Waals surface area contributed by atoms with Gasteiger partial charge >= 0.3 is 0 Å². The zero-order valence-corrected chi connectivity index (χ0v) is 4.20. The molecule has 1 radical (unpaired) electrons. The molecular weight excluding hydrogens is 104 g/mol. The summed E-state index contributed by atoms with van der Waals surface area (Å²) in [5.41, 5.74) is 0. The summed E-state index contributed by atoms with van der Waals surface area (Å²) in [6, 6.07) is 0. The van der Waals surface area contributed by atoms with Crippen LogP contribution in [-0.2, 0) is 9.84 Å². The second kappa shape index (κ2) is 1.14. The van der Waals surface area contributed by atoms with Crippen molar-refractivity contribution in [3.63, 3.8) is 0 Å². The minimum absolute atomic E-state index is 0.0729. The van der Waals surface area contributed by atoms with E-state index in [1.807, 2.05) is 0 Å².